The van der Waals surface area contributed by atoms with Gasteiger partial charge in [-0.2, -0.15) is 0 Å². The highest BCUT2D eigenvalue weighted by Gasteiger charge is 2.11. The molecule has 3 rings (SSSR count). The first kappa shape index (κ1) is 18.7. The molecule has 0 fully saturated rings. The summed E-state index contributed by atoms with van der Waals surface area (Å²) in [6.07, 6.45) is 1.45. The Bertz CT molecular complexity index is 1000. The third-order valence-electron chi connectivity index (χ3n) is 3.88. The molecule has 1 heterocycles. The second kappa shape index (κ2) is 8.50. The Hall–Kier alpha value is -3.13. The second-order valence-corrected chi connectivity index (χ2v) is 6.55. The predicted molar refractivity (Wildman–Crippen MR) is 105 cm³/mol. The lowest BCUT2D eigenvalue weighted by Crippen LogP contribution is -2.22. The van der Waals surface area contributed by atoms with E-state index < -0.39 is 0 Å². The normalized spacial score (nSPS) is 11.4. The van der Waals surface area contributed by atoms with Crippen LogP contribution in [-0.4, -0.2) is 20.6 Å². The van der Waals surface area contributed by atoms with E-state index in [0.29, 0.717) is 18.7 Å². The highest BCUT2D eigenvalue weighted by atomic mass is 79.9. The Kier molecular flexibility index (Phi) is 5.87. The summed E-state index contributed by atoms with van der Waals surface area (Å²) in [6.45, 7) is 0.658. The number of oxime groups is 1. The quantitative estimate of drug-likeness (QED) is 0.272. The summed E-state index contributed by atoms with van der Waals surface area (Å²) in [6, 6.07) is 16.7. The number of nitrogens with zero attached hydrogens (tertiary/aromatic N) is 3. The van der Waals surface area contributed by atoms with Gasteiger partial charge in [-0.05, 0) is 27.1 Å². The predicted octanol–water partition coefficient (Wildman–Crippen LogP) is 2.73. The van der Waals surface area contributed by atoms with Gasteiger partial charge in [0.1, 0.15) is 17.4 Å². The monoisotopic (exact) mass is 428 g/mol. The average Bonchev–Trinajstić information content (AvgIpc) is 2.71. The van der Waals surface area contributed by atoms with Crippen LogP contribution in [0.5, 0.6) is 5.88 Å². The Balaban J connectivity index is 1.74. The molecule has 0 unspecified atom stereocenters. The molecule has 0 aliphatic heterocycles. The summed E-state index contributed by atoms with van der Waals surface area (Å²) in [5.41, 5.74) is 7.76. The lowest BCUT2D eigenvalue weighted by Gasteiger charge is -2.10. The minimum absolute atomic E-state index is 0.0306. The molecule has 0 aliphatic carbocycles. The molecular weight excluding hydrogens is 412 g/mol. The summed E-state index contributed by atoms with van der Waals surface area (Å²) in [5, 5.41) is 11.7. The van der Waals surface area contributed by atoms with E-state index in [2.05, 4.69) is 26.1 Å². The van der Waals surface area contributed by atoms with Crippen LogP contribution in [0.1, 0.15) is 16.7 Å². The third kappa shape index (κ3) is 4.53. The third-order valence-corrected chi connectivity index (χ3v) is 4.56. The number of amidine groups is 1. The molecule has 0 spiro atoms. The van der Waals surface area contributed by atoms with Crippen molar-refractivity contribution in [2.75, 3.05) is 0 Å². The Labute approximate surface area is 163 Å². The minimum atomic E-state index is -0.242. The molecule has 27 heavy (non-hydrogen) atoms. The van der Waals surface area contributed by atoms with Crippen molar-refractivity contribution >= 4 is 21.8 Å². The van der Waals surface area contributed by atoms with Crippen LogP contribution >= 0.6 is 15.9 Å². The van der Waals surface area contributed by atoms with Gasteiger partial charge in [-0.25, -0.2) is 4.98 Å². The molecule has 0 saturated carbocycles. The zero-order chi connectivity index (χ0) is 19.2. The number of hydrogen-bond donors (Lipinski definition) is 2. The van der Waals surface area contributed by atoms with Gasteiger partial charge in [-0.15, -0.1) is 0 Å². The first-order valence-electron chi connectivity index (χ1n) is 8.07. The molecule has 8 heteroatoms. The Morgan fingerprint density at radius 1 is 1.15 bits per heavy atom. The molecule has 0 bridgehead atoms. The minimum Gasteiger partial charge on any atom is -0.472 e. The van der Waals surface area contributed by atoms with E-state index in [1.807, 2.05) is 30.3 Å². The lowest BCUT2D eigenvalue weighted by atomic mass is 10.1. The van der Waals surface area contributed by atoms with Gasteiger partial charge in [0.05, 0.1) is 6.54 Å². The van der Waals surface area contributed by atoms with Crippen molar-refractivity contribution in [3.8, 4) is 5.88 Å². The summed E-state index contributed by atoms with van der Waals surface area (Å²) < 4.78 is 7.38. The van der Waals surface area contributed by atoms with Crippen LogP contribution in [-0.2, 0) is 13.2 Å². The van der Waals surface area contributed by atoms with Gasteiger partial charge < -0.3 is 15.7 Å². The molecule has 0 amide bonds. The van der Waals surface area contributed by atoms with Crippen LogP contribution in [0.3, 0.4) is 0 Å². The number of nitrogens with two attached hydrogens (primary N) is 1. The molecule has 138 valence electrons. The van der Waals surface area contributed by atoms with E-state index in [-0.39, 0.29) is 21.7 Å². The van der Waals surface area contributed by atoms with Gasteiger partial charge in [0.25, 0.3) is 5.56 Å². The topological polar surface area (TPSA) is 103 Å². The van der Waals surface area contributed by atoms with Crippen molar-refractivity contribution in [3.05, 3.63) is 92.4 Å². The molecule has 3 N–H and O–H groups in total. The number of halogens is 1. The number of aromatic nitrogens is 2. The fourth-order valence-electron chi connectivity index (χ4n) is 2.42. The van der Waals surface area contributed by atoms with E-state index in [4.69, 9.17) is 15.7 Å². The second-order valence-electron chi connectivity index (χ2n) is 5.75. The van der Waals surface area contributed by atoms with E-state index in [1.54, 1.807) is 24.3 Å². The van der Waals surface area contributed by atoms with Crippen molar-refractivity contribution in [2.45, 2.75) is 13.2 Å². The van der Waals surface area contributed by atoms with Crippen molar-refractivity contribution in [1.82, 2.24) is 9.55 Å². The summed E-state index contributed by atoms with van der Waals surface area (Å²) >= 11 is 3.28. The van der Waals surface area contributed by atoms with Crippen molar-refractivity contribution in [1.29, 1.82) is 0 Å². The van der Waals surface area contributed by atoms with E-state index in [1.165, 1.54) is 10.9 Å². The first-order chi connectivity index (χ1) is 13.1. The maximum atomic E-state index is 12.6. The van der Waals surface area contributed by atoms with Gasteiger partial charge in [-0.3, -0.25) is 9.36 Å². The van der Waals surface area contributed by atoms with Crippen molar-refractivity contribution in [2.24, 2.45) is 10.9 Å². The fourth-order valence-corrected chi connectivity index (χ4v) is 2.87. The molecule has 0 aliphatic rings. The van der Waals surface area contributed by atoms with Crippen LogP contribution in [0.25, 0.3) is 0 Å². The largest absolute Gasteiger partial charge is 0.472 e. The van der Waals surface area contributed by atoms with Crippen molar-refractivity contribution < 1.29 is 9.94 Å². The van der Waals surface area contributed by atoms with Gasteiger partial charge >= 0.3 is 0 Å². The average molecular weight is 429 g/mol. The zero-order valence-corrected chi connectivity index (χ0v) is 15.8. The summed E-state index contributed by atoms with van der Waals surface area (Å²) in [4.78, 5) is 16.8. The molecule has 1 aromatic heterocycles. The van der Waals surface area contributed by atoms with Gasteiger partial charge in [0, 0.05) is 5.56 Å². The van der Waals surface area contributed by atoms with Crippen LogP contribution < -0.4 is 16.0 Å². The molecule has 0 saturated heterocycles. The summed E-state index contributed by atoms with van der Waals surface area (Å²) in [5.74, 6) is 0.283. The van der Waals surface area contributed by atoms with Gasteiger partial charge in [-0.1, -0.05) is 59.8 Å². The molecule has 0 atom stereocenters. The SMILES string of the molecule is NC(=NO)c1ccc(Cn2cnc(OCc3ccccc3)c(Br)c2=O)cc1. The van der Waals surface area contributed by atoms with Gasteiger partial charge in [0.15, 0.2) is 5.84 Å². The highest BCUT2D eigenvalue weighted by molar-refractivity contribution is 9.10. The first-order valence-corrected chi connectivity index (χ1v) is 8.86. The maximum absolute atomic E-state index is 12.6. The highest BCUT2D eigenvalue weighted by Crippen LogP contribution is 2.18. The fraction of sp³-hybridized carbons (Fsp3) is 0.105. The number of hydrogen-bond acceptors (Lipinski definition) is 5. The summed E-state index contributed by atoms with van der Waals surface area (Å²) in [7, 11) is 0. The van der Waals surface area contributed by atoms with Crippen LogP contribution in [0.2, 0.25) is 0 Å². The van der Waals surface area contributed by atoms with Crippen LogP contribution in [0.15, 0.2) is 75.3 Å². The van der Waals surface area contributed by atoms with E-state index in [9.17, 15) is 4.79 Å². The Morgan fingerprint density at radius 2 is 1.85 bits per heavy atom. The zero-order valence-electron chi connectivity index (χ0n) is 14.2. The number of rotatable bonds is 6. The maximum Gasteiger partial charge on any atom is 0.271 e. The van der Waals surface area contributed by atoms with E-state index >= 15 is 0 Å². The molecule has 3 aromatic rings. The van der Waals surface area contributed by atoms with E-state index in [0.717, 1.165) is 11.1 Å². The molecular formula is C19H17BrN4O3. The standard InChI is InChI=1S/C19H17BrN4O3/c20-16-18(27-11-14-4-2-1-3-5-14)22-12-24(19(16)25)10-13-6-8-15(9-7-13)17(21)23-26/h1-9,12,26H,10-11H2,(H2,21,23). The van der Waals surface area contributed by atoms with Crippen LogP contribution in [0.4, 0.5) is 0 Å². The molecule has 7 nitrogen and oxygen atoms in total. The van der Waals surface area contributed by atoms with Crippen LogP contribution in [0, 0.1) is 0 Å². The molecule has 2 aromatic carbocycles. The smallest absolute Gasteiger partial charge is 0.271 e. The lowest BCUT2D eigenvalue weighted by molar-refractivity contribution is 0.289. The molecule has 0 radical (unpaired) electrons. The number of benzene rings is 2. The number of ether oxygens (including phenoxy) is 1. The van der Waals surface area contributed by atoms with Gasteiger partial charge in [0.2, 0.25) is 5.88 Å². The van der Waals surface area contributed by atoms with Crippen molar-refractivity contribution in [3.63, 3.8) is 0 Å². The Morgan fingerprint density at radius 3 is 2.52 bits per heavy atom.